The molecule has 0 fully saturated rings. The molecule has 0 aromatic carbocycles. The summed E-state index contributed by atoms with van der Waals surface area (Å²) in [4.78, 5) is 12.5. The predicted molar refractivity (Wildman–Crippen MR) is 107 cm³/mol. The summed E-state index contributed by atoms with van der Waals surface area (Å²) in [5.74, 6) is 0.0386. The molecule has 1 amide bonds. The van der Waals surface area contributed by atoms with Gasteiger partial charge in [0.1, 0.15) is 0 Å². The summed E-state index contributed by atoms with van der Waals surface area (Å²) < 4.78 is 0. The van der Waals surface area contributed by atoms with Crippen molar-refractivity contribution in [3.63, 3.8) is 0 Å². The van der Waals surface area contributed by atoms with Gasteiger partial charge in [0.2, 0.25) is 0 Å². The van der Waals surface area contributed by atoms with Crippen molar-refractivity contribution in [2.45, 2.75) is 115 Å². The van der Waals surface area contributed by atoms with Crippen LogP contribution in [-0.4, -0.2) is 11.4 Å². The third kappa shape index (κ3) is 19.6. The zero-order valence-electron chi connectivity index (χ0n) is 19.8. The van der Waals surface area contributed by atoms with Gasteiger partial charge in [0.05, 0.1) is 5.91 Å². The Morgan fingerprint density at radius 1 is 0.667 bits per heavy atom. The van der Waals surface area contributed by atoms with Crippen molar-refractivity contribution < 1.29 is 63.0 Å². The third-order valence-corrected chi connectivity index (χ3v) is 2.92. The number of amides is 1. The number of carbonyl (C=O) groups excluding carboxylic acids is 1. The van der Waals surface area contributed by atoms with Gasteiger partial charge in [0.25, 0.3) is 0 Å². The third-order valence-electron chi connectivity index (χ3n) is 2.92. The van der Waals surface area contributed by atoms with Gasteiger partial charge in [-0.25, -0.2) is 0 Å². The molecule has 0 saturated carbocycles. The summed E-state index contributed by atoms with van der Waals surface area (Å²) in [5.41, 5.74) is -0.345. The SMILES string of the molecule is CC.CC.CC(C)(C)CC(C)(C)[N-]C(=O)C(C)(C)CC(C)(C)C.[Rb+]. The topological polar surface area (TPSA) is 31.2 Å². The van der Waals surface area contributed by atoms with E-state index in [9.17, 15) is 4.79 Å². The van der Waals surface area contributed by atoms with Gasteiger partial charge in [-0.05, 0) is 17.3 Å². The van der Waals surface area contributed by atoms with Crippen LogP contribution in [0.4, 0.5) is 0 Å². The van der Waals surface area contributed by atoms with E-state index in [1.165, 1.54) is 0 Å². The molecule has 2 nitrogen and oxygen atoms in total. The molecule has 0 aromatic heterocycles. The minimum absolute atomic E-state index is 0. The molecule has 0 unspecified atom stereocenters. The number of hydrogen-bond acceptors (Lipinski definition) is 1. The number of nitrogens with zero attached hydrogens (tertiary/aromatic N) is 1. The molecule has 0 radical (unpaired) electrons. The number of rotatable bonds is 4. The Hall–Kier alpha value is 1.28. The second-order valence-electron chi connectivity index (χ2n) is 9.59. The zero-order chi connectivity index (χ0) is 19.7. The quantitative estimate of drug-likeness (QED) is 0.661. The van der Waals surface area contributed by atoms with Crippen molar-refractivity contribution >= 4 is 5.91 Å². The van der Waals surface area contributed by atoms with Gasteiger partial charge < -0.3 is 10.1 Å². The van der Waals surface area contributed by atoms with Crippen LogP contribution in [0, 0.1) is 16.2 Å². The Balaban J connectivity index is -0.000000369. The first-order valence-corrected chi connectivity index (χ1v) is 9.32. The standard InChI is InChI=1S/C17H35NO.2C2H6.Rb/c1-14(2,3)11-16(7,8)13(19)18-17(9,10)12-15(4,5)6;2*1-2;/h11-12H2,1-10H3,(H,18,19);2*1-2H3;/q;;;+1/p-1. The van der Waals surface area contributed by atoms with Gasteiger partial charge in [0.15, 0.2) is 0 Å². The monoisotopic (exact) mass is 413 g/mol. The average Bonchev–Trinajstić information content (AvgIpc) is 2.27. The Kier molecular flexibility index (Phi) is 18.4. The molecule has 0 heterocycles. The normalized spacial score (nSPS) is 11.9. The van der Waals surface area contributed by atoms with Crippen LogP contribution in [0.1, 0.15) is 110 Å². The molecule has 0 spiro atoms. The Morgan fingerprint density at radius 2 is 0.958 bits per heavy atom. The molecule has 3 heteroatoms. The van der Waals surface area contributed by atoms with Crippen LogP contribution in [0.3, 0.4) is 0 Å². The van der Waals surface area contributed by atoms with E-state index in [2.05, 4.69) is 60.7 Å². The van der Waals surface area contributed by atoms with Crippen molar-refractivity contribution in [3.8, 4) is 0 Å². The summed E-state index contributed by atoms with van der Waals surface area (Å²) in [7, 11) is 0. The van der Waals surface area contributed by atoms with E-state index in [0.29, 0.717) is 0 Å². The van der Waals surface area contributed by atoms with E-state index in [-0.39, 0.29) is 85.9 Å². The maximum Gasteiger partial charge on any atom is 1.00 e. The van der Waals surface area contributed by atoms with Crippen LogP contribution >= 0.6 is 0 Å². The van der Waals surface area contributed by atoms with E-state index in [1.807, 2.05) is 41.5 Å². The van der Waals surface area contributed by atoms with E-state index in [4.69, 9.17) is 0 Å². The molecule has 0 saturated heterocycles. The second-order valence-corrected chi connectivity index (χ2v) is 9.59. The smallest absolute Gasteiger partial charge is 0.648 e. The first-order valence-electron chi connectivity index (χ1n) is 9.32. The number of hydrogen-bond donors (Lipinski definition) is 0. The molecule has 0 bridgehead atoms. The molecule has 0 rings (SSSR count). The maximum atomic E-state index is 12.5. The van der Waals surface area contributed by atoms with Crippen LogP contribution in [0.25, 0.3) is 5.32 Å². The molecule has 24 heavy (non-hydrogen) atoms. The van der Waals surface area contributed by atoms with Crippen LogP contribution < -0.4 is 58.2 Å². The van der Waals surface area contributed by atoms with Crippen LogP contribution in [0.5, 0.6) is 0 Å². The molecule has 0 aliphatic rings. The van der Waals surface area contributed by atoms with Crippen LogP contribution in [0.15, 0.2) is 0 Å². The molecular weight excluding hydrogens is 368 g/mol. The van der Waals surface area contributed by atoms with Gasteiger partial charge in [-0.1, -0.05) is 103 Å². The summed E-state index contributed by atoms with van der Waals surface area (Å²) >= 11 is 0. The fourth-order valence-corrected chi connectivity index (χ4v) is 3.17. The van der Waals surface area contributed by atoms with E-state index >= 15 is 0 Å². The molecule has 142 valence electrons. The fourth-order valence-electron chi connectivity index (χ4n) is 3.17. The maximum absolute atomic E-state index is 12.5. The van der Waals surface area contributed by atoms with Gasteiger partial charge >= 0.3 is 58.2 Å². The van der Waals surface area contributed by atoms with Crippen molar-refractivity contribution in [2.75, 3.05) is 0 Å². The summed E-state index contributed by atoms with van der Waals surface area (Å²) in [6.45, 7) is 29.2. The second kappa shape index (κ2) is 13.4. The molecule has 0 N–H and O–H groups in total. The first kappa shape index (κ1) is 32.9. The number of carbonyl (C=O) groups is 1. The van der Waals surface area contributed by atoms with E-state index in [0.717, 1.165) is 12.8 Å². The van der Waals surface area contributed by atoms with Gasteiger partial charge in [-0.15, -0.1) is 5.54 Å². The van der Waals surface area contributed by atoms with E-state index in [1.54, 1.807) is 0 Å². The molecule has 0 aliphatic heterocycles. The Bertz CT molecular complexity index is 320. The molecule has 0 atom stereocenters. The molecule has 0 aliphatic carbocycles. The van der Waals surface area contributed by atoms with Crippen molar-refractivity contribution in [3.05, 3.63) is 5.32 Å². The minimum atomic E-state index is -0.382. The Labute approximate surface area is 203 Å². The summed E-state index contributed by atoms with van der Waals surface area (Å²) in [6, 6.07) is 0. The predicted octanol–water partition coefficient (Wildman–Crippen LogP) is 4.62. The van der Waals surface area contributed by atoms with Gasteiger partial charge in [-0.3, -0.25) is 0 Å². The zero-order valence-corrected chi connectivity index (χ0v) is 24.7. The van der Waals surface area contributed by atoms with Crippen molar-refractivity contribution in [2.24, 2.45) is 16.2 Å². The molecule has 0 aromatic rings. The average molecular weight is 414 g/mol. The van der Waals surface area contributed by atoms with Crippen molar-refractivity contribution in [1.29, 1.82) is 0 Å². The first-order chi connectivity index (χ1) is 10.0. The Morgan fingerprint density at radius 3 is 1.21 bits per heavy atom. The largest absolute Gasteiger partial charge is 1.00 e. The minimum Gasteiger partial charge on any atom is -0.648 e. The summed E-state index contributed by atoms with van der Waals surface area (Å²) in [6.07, 6.45) is 1.77. The van der Waals surface area contributed by atoms with E-state index < -0.39 is 0 Å². The van der Waals surface area contributed by atoms with Crippen molar-refractivity contribution in [1.82, 2.24) is 0 Å². The van der Waals surface area contributed by atoms with Gasteiger partial charge in [0, 0.05) is 5.41 Å². The molecular formula is C21H46NORb. The van der Waals surface area contributed by atoms with Crippen LogP contribution in [0.2, 0.25) is 0 Å². The van der Waals surface area contributed by atoms with Gasteiger partial charge in [-0.2, -0.15) is 0 Å². The fraction of sp³-hybridized carbons (Fsp3) is 0.952. The van der Waals surface area contributed by atoms with Crippen LogP contribution in [-0.2, 0) is 4.79 Å². The summed E-state index contributed by atoms with van der Waals surface area (Å²) in [5, 5.41) is 4.51.